The summed E-state index contributed by atoms with van der Waals surface area (Å²) in [6.07, 6.45) is 3.84. The highest BCUT2D eigenvalue weighted by Gasteiger charge is 2.26. The van der Waals surface area contributed by atoms with E-state index in [2.05, 4.69) is 13.8 Å². The summed E-state index contributed by atoms with van der Waals surface area (Å²) in [5.41, 5.74) is 7.06. The minimum atomic E-state index is -0.0976. The summed E-state index contributed by atoms with van der Waals surface area (Å²) in [5.74, 6) is 3.15. The van der Waals surface area contributed by atoms with E-state index in [4.69, 9.17) is 15.2 Å². The molecule has 2 N–H and O–H groups in total. The Balaban J connectivity index is 2.20. The predicted octanol–water partition coefficient (Wildman–Crippen LogP) is 3.92. The number of benzene rings is 1. The molecule has 0 amide bonds. The lowest BCUT2D eigenvalue weighted by atomic mass is 9.82. The summed E-state index contributed by atoms with van der Waals surface area (Å²) in [6.45, 7) is 6.59. The summed E-state index contributed by atoms with van der Waals surface area (Å²) in [7, 11) is 1.68. The van der Waals surface area contributed by atoms with Crippen molar-refractivity contribution in [2.24, 2.45) is 17.6 Å². The highest BCUT2D eigenvalue weighted by atomic mass is 16.5. The van der Waals surface area contributed by atoms with Crippen LogP contribution in [-0.4, -0.2) is 13.2 Å². The van der Waals surface area contributed by atoms with Crippen molar-refractivity contribution in [3.63, 3.8) is 0 Å². The Bertz CT molecular complexity index is 435. The molecule has 0 aliphatic heterocycles. The largest absolute Gasteiger partial charge is 0.496 e. The molecular formula is C17H27NO2. The quantitative estimate of drug-likeness (QED) is 0.907. The van der Waals surface area contributed by atoms with Crippen LogP contribution in [0.1, 0.15) is 51.6 Å². The average molecular weight is 277 g/mol. The Morgan fingerprint density at radius 3 is 2.25 bits per heavy atom. The second kappa shape index (κ2) is 6.49. The number of hydrogen-bond donors (Lipinski definition) is 1. The molecule has 0 radical (unpaired) electrons. The standard InChI is InChI=1S/C17H27NO2/c1-11-8-12(2)10-14(9-11)20-16-7-5-6-15(19-4)17(16)13(3)18/h5-7,11-14H,8-10,18H2,1-4H3. The molecule has 0 heterocycles. The van der Waals surface area contributed by atoms with E-state index in [0.717, 1.165) is 41.7 Å². The van der Waals surface area contributed by atoms with Crippen molar-refractivity contribution in [2.75, 3.05) is 7.11 Å². The van der Waals surface area contributed by atoms with Crippen LogP contribution in [0.5, 0.6) is 11.5 Å². The van der Waals surface area contributed by atoms with Gasteiger partial charge in [0.2, 0.25) is 0 Å². The highest BCUT2D eigenvalue weighted by Crippen LogP contribution is 2.36. The Morgan fingerprint density at radius 2 is 1.70 bits per heavy atom. The lowest BCUT2D eigenvalue weighted by Crippen LogP contribution is -2.29. The Morgan fingerprint density at radius 1 is 1.10 bits per heavy atom. The molecule has 0 bridgehead atoms. The maximum absolute atomic E-state index is 6.27. The van der Waals surface area contributed by atoms with Gasteiger partial charge in [-0.2, -0.15) is 0 Å². The first-order chi connectivity index (χ1) is 9.51. The van der Waals surface area contributed by atoms with Gasteiger partial charge < -0.3 is 15.2 Å². The molecular weight excluding hydrogens is 250 g/mol. The van der Waals surface area contributed by atoms with Crippen LogP contribution in [0.25, 0.3) is 0 Å². The van der Waals surface area contributed by atoms with Gasteiger partial charge in [0, 0.05) is 6.04 Å². The smallest absolute Gasteiger partial charge is 0.128 e. The van der Waals surface area contributed by atoms with Crippen molar-refractivity contribution in [2.45, 2.75) is 52.2 Å². The van der Waals surface area contributed by atoms with E-state index in [1.54, 1.807) is 7.11 Å². The molecule has 1 aliphatic rings. The molecule has 1 saturated carbocycles. The summed E-state index contributed by atoms with van der Waals surface area (Å²) >= 11 is 0. The van der Waals surface area contributed by atoms with E-state index < -0.39 is 0 Å². The minimum Gasteiger partial charge on any atom is -0.496 e. The summed E-state index contributed by atoms with van der Waals surface area (Å²) < 4.78 is 11.7. The Labute approximate surface area is 122 Å². The van der Waals surface area contributed by atoms with Gasteiger partial charge in [-0.15, -0.1) is 0 Å². The Kier molecular flexibility index (Phi) is 4.92. The maximum Gasteiger partial charge on any atom is 0.128 e. The third kappa shape index (κ3) is 3.45. The zero-order valence-corrected chi connectivity index (χ0v) is 13.1. The third-order valence-corrected chi connectivity index (χ3v) is 4.13. The summed E-state index contributed by atoms with van der Waals surface area (Å²) in [5, 5.41) is 0. The first-order valence-corrected chi connectivity index (χ1v) is 7.60. The van der Waals surface area contributed by atoms with Crippen molar-refractivity contribution in [3.8, 4) is 11.5 Å². The van der Waals surface area contributed by atoms with Gasteiger partial charge in [-0.3, -0.25) is 0 Å². The fraction of sp³-hybridized carbons (Fsp3) is 0.647. The predicted molar refractivity (Wildman–Crippen MR) is 82.2 cm³/mol. The molecule has 0 saturated heterocycles. The van der Waals surface area contributed by atoms with Crippen molar-refractivity contribution < 1.29 is 9.47 Å². The van der Waals surface area contributed by atoms with Crippen LogP contribution < -0.4 is 15.2 Å². The zero-order valence-electron chi connectivity index (χ0n) is 13.1. The fourth-order valence-corrected chi connectivity index (χ4v) is 3.40. The molecule has 1 fully saturated rings. The molecule has 0 spiro atoms. The van der Waals surface area contributed by atoms with Crippen molar-refractivity contribution in [3.05, 3.63) is 23.8 Å². The maximum atomic E-state index is 6.27. The van der Waals surface area contributed by atoms with Gasteiger partial charge >= 0.3 is 0 Å². The summed E-state index contributed by atoms with van der Waals surface area (Å²) in [4.78, 5) is 0. The topological polar surface area (TPSA) is 44.5 Å². The number of rotatable bonds is 4. The molecule has 1 aliphatic carbocycles. The average Bonchev–Trinajstić information content (AvgIpc) is 2.36. The fourth-order valence-electron chi connectivity index (χ4n) is 3.40. The zero-order chi connectivity index (χ0) is 14.7. The van der Waals surface area contributed by atoms with E-state index in [-0.39, 0.29) is 6.04 Å². The van der Waals surface area contributed by atoms with Crippen LogP contribution >= 0.6 is 0 Å². The van der Waals surface area contributed by atoms with Crippen molar-refractivity contribution in [1.82, 2.24) is 0 Å². The van der Waals surface area contributed by atoms with Gasteiger partial charge in [0.05, 0.1) is 18.8 Å². The summed E-state index contributed by atoms with van der Waals surface area (Å²) in [6, 6.07) is 5.82. The van der Waals surface area contributed by atoms with Gasteiger partial charge in [-0.1, -0.05) is 19.9 Å². The van der Waals surface area contributed by atoms with Gasteiger partial charge in [0.25, 0.3) is 0 Å². The third-order valence-electron chi connectivity index (χ3n) is 4.13. The number of nitrogens with two attached hydrogens (primary N) is 1. The van der Waals surface area contributed by atoms with Crippen LogP contribution in [0.3, 0.4) is 0 Å². The normalized spacial score (nSPS) is 27.9. The minimum absolute atomic E-state index is 0.0976. The molecule has 1 aromatic rings. The first kappa shape index (κ1) is 15.2. The Hall–Kier alpha value is -1.22. The van der Waals surface area contributed by atoms with Gasteiger partial charge in [-0.05, 0) is 50.2 Å². The van der Waals surface area contributed by atoms with E-state index in [0.29, 0.717) is 6.10 Å². The molecule has 20 heavy (non-hydrogen) atoms. The van der Waals surface area contributed by atoms with Gasteiger partial charge in [0.1, 0.15) is 11.5 Å². The van der Waals surface area contributed by atoms with E-state index in [9.17, 15) is 0 Å². The van der Waals surface area contributed by atoms with Gasteiger partial charge in [-0.25, -0.2) is 0 Å². The molecule has 112 valence electrons. The van der Waals surface area contributed by atoms with Crippen LogP contribution in [0, 0.1) is 11.8 Å². The first-order valence-electron chi connectivity index (χ1n) is 7.60. The van der Waals surface area contributed by atoms with Crippen LogP contribution in [0.4, 0.5) is 0 Å². The second-order valence-electron chi connectivity index (χ2n) is 6.32. The van der Waals surface area contributed by atoms with Crippen molar-refractivity contribution in [1.29, 1.82) is 0 Å². The molecule has 1 aromatic carbocycles. The van der Waals surface area contributed by atoms with Crippen LogP contribution in [-0.2, 0) is 0 Å². The molecule has 3 heteroatoms. The number of hydrogen-bond acceptors (Lipinski definition) is 3. The SMILES string of the molecule is COc1cccc(OC2CC(C)CC(C)C2)c1C(C)N. The van der Waals surface area contributed by atoms with E-state index >= 15 is 0 Å². The molecule has 3 unspecified atom stereocenters. The van der Waals surface area contributed by atoms with Gasteiger partial charge in [0.15, 0.2) is 0 Å². The van der Waals surface area contributed by atoms with Crippen molar-refractivity contribution >= 4 is 0 Å². The number of ether oxygens (including phenoxy) is 2. The van der Waals surface area contributed by atoms with Crippen LogP contribution in [0.15, 0.2) is 18.2 Å². The molecule has 0 aromatic heterocycles. The second-order valence-corrected chi connectivity index (χ2v) is 6.32. The highest BCUT2D eigenvalue weighted by molar-refractivity contribution is 5.46. The van der Waals surface area contributed by atoms with Crippen LogP contribution in [0.2, 0.25) is 0 Å². The lowest BCUT2D eigenvalue weighted by molar-refractivity contribution is 0.0994. The molecule has 3 atom stereocenters. The van der Waals surface area contributed by atoms with E-state index in [1.807, 2.05) is 25.1 Å². The number of methoxy groups -OCH3 is 1. The van der Waals surface area contributed by atoms with E-state index in [1.165, 1.54) is 6.42 Å². The lowest BCUT2D eigenvalue weighted by Gasteiger charge is -2.32. The molecule has 2 rings (SSSR count). The molecule has 3 nitrogen and oxygen atoms in total. The monoisotopic (exact) mass is 277 g/mol.